The second-order valence-electron chi connectivity index (χ2n) is 3.54. The van der Waals surface area contributed by atoms with Gasteiger partial charge in [0.1, 0.15) is 5.25 Å². The molecule has 0 aliphatic carbocycles. The Morgan fingerprint density at radius 3 is 2.22 bits per heavy atom. The number of aliphatic carboxylic acids is 1. The first-order valence-corrected chi connectivity index (χ1v) is 7.26. The Balaban J connectivity index is 3.48. The van der Waals surface area contributed by atoms with Crippen molar-refractivity contribution in [2.45, 2.75) is 18.6 Å². The third kappa shape index (κ3) is 8.57. The molecular weight excluding hydrogens is 260 g/mol. The highest BCUT2D eigenvalue weighted by atomic mass is 32.2. The van der Waals surface area contributed by atoms with Crippen molar-refractivity contribution in [2.24, 2.45) is 0 Å². The van der Waals surface area contributed by atoms with Crippen LogP contribution < -0.4 is 0 Å². The van der Waals surface area contributed by atoms with Crippen molar-refractivity contribution < 1.29 is 28.3 Å². The Labute approximate surface area is 110 Å². The van der Waals surface area contributed by atoms with Gasteiger partial charge in [-0.1, -0.05) is 6.92 Å². The normalized spacial score (nSPS) is 14.3. The number of carboxylic acids is 1. The lowest BCUT2D eigenvalue weighted by atomic mass is 10.3. The molecule has 0 aromatic carbocycles. The molecule has 7 heteroatoms. The van der Waals surface area contributed by atoms with Gasteiger partial charge >= 0.3 is 5.97 Å². The van der Waals surface area contributed by atoms with Gasteiger partial charge in [-0.25, -0.2) is 0 Å². The van der Waals surface area contributed by atoms with Crippen LogP contribution in [0, 0.1) is 0 Å². The minimum Gasteiger partial charge on any atom is -0.480 e. The summed E-state index contributed by atoms with van der Waals surface area (Å²) in [5.74, 6) is -0.776. The zero-order valence-corrected chi connectivity index (χ0v) is 11.7. The van der Waals surface area contributed by atoms with E-state index in [1.54, 1.807) is 14.0 Å². The molecule has 0 radical (unpaired) electrons. The van der Waals surface area contributed by atoms with Crippen LogP contribution in [0.5, 0.6) is 0 Å². The summed E-state index contributed by atoms with van der Waals surface area (Å²) in [6.07, 6.45) is 0.363. The van der Waals surface area contributed by atoms with Crippen LogP contribution >= 0.6 is 0 Å². The van der Waals surface area contributed by atoms with E-state index >= 15 is 0 Å². The zero-order chi connectivity index (χ0) is 13.8. The maximum Gasteiger partial charge on any atom is 0.319 e. The molecule has 108 valence electrons. The van der Waals surface area contributed by atoms with Gasteiger partial charge in [0.05, 0.1) is 33.0 Å². The number of carbonyl (C=O) groups is 1. The Morgan fingerprint density at radius 1 is 1.17 bits per heavy atom. The van der Waals surface area contributed by atoms with Crippen LogP contribution in [0.25, 0.3) is 0 Å². The lowest BCUT2D eigenvalue weighted by Crippen LogP contribution is -2.28. The van der Waals surface area contributed by atoms with E-state index in [4.69, 9.17) is 19.3 Å². The Kier molecular flexibility index (Phi) is 11.3. The molecule has 0 spiro atoms. The lowest BCUT2D eigenvalue weighted by molar-refractivity contribution is -0.136. The second kappa shape index (κ2) is 11.6. The number of rotatable bonds is 12. The van der Waals surface area contributed by atoms with Crippen molar-refractivity contribution in [2.75, 3.05) is 45.9 Å². The molecule has 2 atom stereocenters. The quantitative estimate of drug-likeness (QED) is 0.518. The Hall–Kier alpha value is -0.500. The monoisotopic (exact) mass is 282 g/mol. The molecule has 0 aromatic heterocycles. The number of ether oxygens (including phenoxy) is 3. The fourth-order valence-corrected chi connectivity index (χ4v) is 2.38. The van der Waals surface area contributed by atoms with Crippen molar-refractivity contribution in [1.82, 2.24) is 0 Å². The molecule has 2 unspecified atom stereocenters. The third-order valence-corrected chi connectivity index (χ3v) is 3.93. The Bertz CT molecular complexity index is 246. The van der Waals surface area contributed by atoms with E-state index in [2.05, 4.69) is 0 Å². The SMILES string of the molecule is CCC(C(=O)O)S(=O)CCOCCOCCOC. The molecule has 0 saturated carbocycles. The zero-order valence-electron chi connectivity index (χ0n) is 10.9. The van der Waals surface area contributed by atoms with Gasteiger partial charge in [0.25, 0.3) is 0 Å². The van der Waals surface area contributed by atoms with E-state index in [1.807, 2.05) is 0 Å². The van der Waals surface area contributed by atoms with Crippen molar-refractivity contribution >= 4 is 16.8 Å². The highest BCUT2D eigenvalue weighted by Gasteiger charge is 2.21. The fourth-order valence-electron chi connectivity index (χ4n) is 1.22. The van der Waals surface area contributed by atoms with Crippen LogP contribution in [0.2, 0.25) is 0 Å². The van der Waals surface area contributed by atoms with Crippen molar-refractivity contribution in [3.63, 3.8) is 0 Å². The highest BCUT2D eigenvalue weighted by Crippen LogP contribution is 2.02. The summed E-state index contributed by atoms with van der Waals surface area (Å²) in [4.78, 5) is 10.7. The predicted molar refractivity (Wildman–Crippen MR) is 68.2 cm³/mol. The van der Waals surface area contributed by atoms with Crippen LogP contribution in [-0.4, -0.2) is 66.4 Å². The summed E-state index contributed by atoms with van der Waals surface area (Å²) in [5.41, 5.74) is 0. The number of methoxy groups -OCH3 is 1. The van der Waals surface area contributed by atoms with Crippen molar-refractivity contribution in [3.05, 3.63) is 0 Å². The van der Waals surface area contributed by atoms with Gasteiger partial charge in [0.2, 0.25) is 0 Å². The molecule has 0 aromatic rings. The standard InChI is InChI=1S/C11H22O6S/c1-3-10(11(12)13)18(14)9-8-17-7-6-16-5-4-15-2/h10H,3-9H2,1-2H3,(H,12,13). The maximum absolute atomic E-state index is 11.6. The van der Waals surface area contributed by atoms with Gasteiger partial charge in [-0.15, -0.1) is 0 Å². The van der Waals surface area contributed by atoms with Crippen molar-refractivity contribution in [1.29, 1.82) is 0 Å². The van der Waals surface area contributed by atoms with Crippen LogP contribution in [0.15, 0.2) is 0 Å². The number of hydrogen-bond donors (Lipinski definition) is 1. The average molecular weight is 282 g/mol. The number of hydrogen-bond acceptors (Lipinski definition) is 5. The summed E-state index contributed by atoms with van der Waals surface area (Å²) in [6, 6.07) is 0. The van der Waals surface area contributed by atoms with Crippen LogP contribution in [0.4, 0.5) is 0 Å². The largest absolute Gasteiger partial charge is 0.480 e. The molecule has 0 saturated heterocycles. The van der Waals surface area contributed by atoms with Gasteiger partial charge in [-0.05, 0) is 6.42 Å². The number of carboxylic acid groups (broad SMARTS) is 1. The summed E-state index contributed by atoms with van der Waals surface area (Å²) in [6.45, 7) is 3.91. The van der Waals surface area contributed by atoms with Crippen molar-refractivity contribution in [3.8, 4) is 0 Å². The van der Waals surface area contributed by atoms with Crippen LogP contribution in [-0.2, 0) is 29.8 Å². The molecule has 6 nitrogen and oxygen atoms in total. The molecule has 0 amide bonds. The molecule has 1 N–H and O–H groups in total. The topological polar surface area (TPSA) is 82.1 Å². The Morgan fingerprint density at radius 2 is 1.72 bits per heavy atom. The van der Waals surface area contributed by atoms with E-state index in [1.165, 1.54) is 0 Å². The van der Waals surface area contributed by atoms with Gasteiger partial charge in [-0.2, -0.15) is 0 Å². The molecule has 0 aliphatic heterocycles. The first-order valence-electron chi connectivity index (χ1n) is 5.87. The molecule has 18 heavy (non-hydrogen) atoms. The van der Waals surface area contributed by atoms with E-state index in [0.717, 1.165) is 0 Å². The summed E-state index contributed by atoms with van der Waals surface area (Å²) < 4.78 is 26.8. The van der Waals surface area contributed by atoms with Crippen LogP contribution in [0.1, 0.15) is 13.3 Å². The van der Waals surface area contributed by atoms with Gasteiger partial charge in [-0.3, -0.25) is 9.00 Å². The first-order chi connectivity index (χ1) is 8.63. The summed E-state index contributed by atoms with van der Waals surface area (Å²) in [5, 5.41) is 8.00. The van der Waals surface area contributed by atoms with Gasteiger partial charge in [0, 0.05) is 23.7 Å². The first kappa shape index (κ1) is 17.5. The smallest absolute Gasteiger partial charge is 0.319 e. The van der Waals surface area contributed by atoms with Crippen LogP contribution in [0.3, 0.4) is 0 Å². The van der Waals surface area contributed by atoms with E-state index < -0.39 is 22.0 Å². The molecule has 0 bridgehead atoms. The maximum atomic E-state index is 11.6. The molecule has 0 aliphatic rings. The second-order valence-corrected chi connectivity index (χ2v) is 5.28. The van der Waals surface area contributed by atoms with E-state index in [-0.39, 0.29) is 12.4 Å². The minimum atomic E-state index is -1.38. The third-order valence-electron chi connectivity index (χ3n) is 2.20. The minimum absolute atomic E-state index is 0.239. The summed E-state index contributed by atoms with van der Waals surface area (Å²) >= 11 is 0. The molecular formula is C11H22O6S. The van der Waals surface area contributed by atoms with E-state index in [9.17, 15) is 9.00 Å². The molecule has 0 heterocycles. The van der Waals surface area contributed by atoms with Gasteiger partial charge < -0.3 is 19.3 Å². The highest BCUT2D eigenvalue weighted by molar-refractivity contribution is 7.86. The predicted octanol–water partition coefficient (Wildman–Crippen LogP) is 0.278. The van der Waals surface area contributed by atoms with E-state index in [0.29, 0.717) is 32.8 Å². The van der Waals surface area contributed by atoms with Gasteiger partial charge in [0.15, 0.2) is 0 Å². The molecule has 0 rings (SSSR count). The average Bonchev–Trinajstić information content (AvgIpc) is 2.33. The molecule has 0 fully saturated rings. The fraction of sp³-hybridized carbons (Fsp3) is 0.909. The lowest BCUT2D eigenvalue weighted by Gasteiger charge is -2.10. The summed E-state index contributed by atoms with van der Waals surface area (Å²) in [7, 11) is 0.215.